The molecular formula is C18H21FN4O3. The molecule has 0 spiro atoms. The van der Waals surface area contributed by atoms with Crippen LogP contribution in [0.4, 0.5) is 4.39 Å². The van der Waals surface area contributed by atoms with Gasteiger partial charge in [0, 0.05) is 13.5 Å². The average molecular weight is 360 g/mol. The van der Waals surface area contributed by atoms with E-state index in [1.54, 1.807) is 12.1 Å². The Morgan fingerprint density at radius 2 is 1.85 bits per heavy atom. The molecule has 8 heteroatoms. The maximum atomic E-state index is 15.3. The van der Waals surface area contributed by atoms with Crippen molar-refractivity contribution in [3.63, 3.8) is 0 Å². The van der Waals surface area contributed by atoms with Gasteiger partial charge in [-0.15, -0.1) is 0 Å². The predicted molar refractivity (Wildman–Crippen MR) is 93.4 cm³/mol. The molecule has 0 radical (unpaired) electrons. The van der Waals surface area contributed by atoms with Crippen molar-refractivity contribution >= 4 is 22.8 Å². The molecule has 2 aliphatic rings. The van der Waals surface area contributed by atoms with Gasteiger partial charge in [-0.25, -0.2) is 9.18 Å². The topological polar surface area (TPSA) is 85.1 Å². The predicted octanol–water partition coefficient (Wildman–Crippen LogP) is 0.924. The summed E-state index contributed by atoms with van der Waals surface area (Å²) >= 11 is 0. The summed E-state index contributed by atoms with van der Waals surface area (Å²) < 4.78 is 17.9. The molecule has 2 aliphatic heterocycles. The molecule has 7 nitrogen and oxygen atoms in total. The second kappa shape index (κ2) is 6.35. The van der Waals surface area contributed by atoms with Crippen molar-refractivity contribution < 1.29 is 14.0 Å². The van der Waals surface area contributed by atoms with Crippen molar-refractivity contribution in [3.05, 3.63) is 34.0 Å². The van der Waals surface area contributed by atoms with E-state index in [2.05, 4.69) is 10.6 Å². The molecule has 0 bridgehead atoms. The fourth-order valence-electron chi connectivity index (χ4n) is 4.12. The lowest BCUT2D eigenvalue weighted by atomic mass is 9.89. The minimum Gasteiger partial charge on any atom is -0.317 e. The molecular weight excluding hydrogens is 339 g/mol. The number of piperidine rings is 2. The molecule has 138 valence electrons. The minimum absolute atomic E-state index is 0.120. The summed E-state index contributed by atoms with van der Waals surface area (Å²) in [5.74, 6) is -1.13. The Hall–Kier alpha value is -2.48. The van der Waals surface area contributed by atoms with Crippen LogP contribution < -0.4 is 16.3 Å². The summed E-state index contributed by atoms with van der Waals surface area (Å²) in [6, 6.07) is 2.66. The van der Waals surface area contributed by atoms with Gasteiger partial charge in [-0.2, -0.15) is 0 Å². The Morgan fingerprint density at radius 1 is 1.12 bits per heavy atom. The number of rotatable bonds is 2. The molecule has 1 aromatic carbocycles. The van der Waals surface area contributed by atoms with Crippen LogP contribution in [0.3, 0.4) is 0 Å². The van der Waals surface area contributed by atoms with Gasteiger partial charge in [0.1, 0.15) is 11.6 Å². The molecule has 1 aromatic heterocycles. The Kier molecular flexibility index (Phi) is 4.14. The number of halogens is 1. The maximum Gasteiger partial charge on any atom is 0.329 e. The molecule has 2 aromatic rings. The van der Waals surface area contributed by atoms with E-state index in [9.17, 15) is 14.4 Å². The number of carbonyl (C=O) groups excluding carboxylic acids is 2. The van der Waals surface area contributed by atoms with Crippen molar-refractivity contribution in [2.24, 2.45) is 7.05 Å². The van der Waals surface area contributed by atoms with Crippen LogP contribution in [0.25, 0.3) is 11.0 Å². The van der Waals surface area contributed by atoms with Crippen LogP contribution in [-0.4, -0.2) is 34.0 Å². The first-order chi connectivity index (χ1) is 12.5. The third kappa shape index (κ3) is 2.56. The van der Waals surface area contributed by atoms with Crippen LogP contribution in [-0.2, 0) is 16.6 Å². The number of imidazole rings is 1. The van der Waals surface area contributed by atoms with Gasteiger partial charge in [-0.3, -0.25) is 24.0 Å². The zero-order chi connectivity index (χ0) is 18.4. The number of aromatic nitrogens is 2. The highest BCUT2D eigenvalue weighted by Gasteiger charge is 2.32. The maximum absolute atomic E-state index is 15.3. The van der Waals surface area contributed by atoms with Gasteiger partial charge in [0.15, 0.2) is 5.82 Å². The standard InChI is InChI=1S/C18H21FN4O3/c1-22-16-12(3-2-11(15(16)19)10-6-8-20-9-7-10)23(18(22)26)13-4-5-14(24)21-17(13)25/h2-3,10,13,20H,4-9H2,1H3,(H,21,24,25). The van der Waals surface area contributed by atoms with Gasteiger partial charge in [-0.1, -0.05) is 6.07 Å². The first-order valence-electron chi connectivity index (χ1n) is 8.92. The highest BCUT2D eigenvalue weighted by atomic mass is 19.1. The summed E-state index contributed by atoms with van der Waals surface area (Å²) in [5, 5.41) is 5.52. The molecule has 1 atom stereocenters. The zero-order valence-electron chi connectivity index (χ0n) is 14.5. The van der Waals surface area contributed by atoms with Crippen molar-refractivity contribution in [3.8, 4) is 0 Å². The largest absolute Gasteiger partial charge is 0.329 e. The molecule has 2 saturated heterocycles. The van der Waals surface area contributed by atoms with Gasteiger partial charge in [-0.05, 0) is 49.9 Å². The summed E-state index contributed by atoms with van der Waals surface area (Å²) in [5.41, 5.74) is 0.781. The molecule has 2 fully saturated rings. The van der Waals surface area contributed by atoms with E-state index in [4.69, 9.17) is 0 Å². The lowest BCUT2D eigenvalue weighted by Gasteiger charge is -2.24. The average Bonchev–Trinajstić information content (AvgIpc) is 2.88. The number of nitrogens with one attached hydrogen (secondary N) is 2. The molecule has 3 heterocycles. The van der Waals surface area contributed by atoms with Crippen LogP contribution in [0.15, 0.2) is 16.9 Å². The van der Waals surface area contributed by atoms with Crippen LogP contribution in [0, 0.1) is 5.82 Å². The quantitative estimate of drug-likeness (QED) is 0.780. The molecule has 2 amide bonds. The van der Waals surface area contributed by atoms with Crippen LogP contribution >= 0.6 is 0 Å². The molecule has 0 aliphatic carbocycles. The zero-order valence-corrected chi connectivity index (χ0v) is 14.5. The number of fused-ring (bicyclic) bond motifs is 1. The highest BCUT2D eigenvalue weighted by Crippen LogP contribution is 2.32. The van der Waals surface area contributed by atoms with E-state index >= 15 is 4.39 Å². The third-order valence-corrected chi connectivity index (χ3v) is 5.51. The fraction of sp³-hybridized carbons (Fsp3) is 0.500. The van der Waals surface area contributed by atoms with Gasteiger partial charge < -0.3 is 5.32 Å². The molecule has 4 rings (SSSR count). The third-order valence-electron chi connectivity index (χ3n) is 5.51. The van der Waals surface area contributed by atoms with E-state index in [0.717, 1.165) is 25.9 Å². The smallest absolute Gasteiger partial charge is 0.317 e. The molecule has 2 N–H and O–H groups in total. The van der Waals surface area contributed by atoms with Crippen molar-refractivity contribution in [1.82, 2.24) is 19.8 Å². The highest BCUT2D eigenvalue weighted by molar-refractivity contribution is 6.00. The van der Waals surface area contributed by atoms with Gasteiger partial charge in [0.25, 0.3) is 0 Å². The van der Waals surface area contributed by atoms with Crippen molar-refractivity contribution in [2.75, 3.05) is 13.1 Å². The normalized spacial score (nSPS) is 22.0. The minimum atomic E-state index is -0.798. The van der Waals surface area contributed by atoms with Crippen molar-refractivity contribution in [1.29, 1.82) is 0 Å². The first kappa shape index (κ1) is 17.0. The molecule has 26 heavy (non-hydrogen) atoms. The number of hydrogen-bond acceptors (Lipinski definition) is 4. The molecule has 1 unspecified atom stereocenters. The Morgan fingerprint density at radius 3 is 2.54 bits per heavy atom. The van der Waals surface area contributed by atoms with Crippen LogP contribution in [0.2, 0.25) is 0 Å². The van der Waals surface area contributed by atoms with Gasteiger partial charge >= 0.3 is 5.69 Å². The number of carbonyl (C=O) groups is 2. The van der Waals surface area contributed by atoms with E-state index in [-0.39, 0.29) is 36.0 Å². The summed E-state index contributed by atoms with van der Waals surface area (Å²) in [7, 11) is 1.52. The fourth-order valence-corrected chi connectivity index (χ4v) is 4.12. The second-order valence-electron chi connectivity index (χ2n) is 7.04. The second-order valence-corrected chi connectivity index (χ2v) is 7.04. The van der Waals surface area contributed by atoms with Crippen LogP contribution in [0.5, 0.6) is 0 Å². The number of benzene rings is 1. The Balaban J connectivity index is 1.85. The summed E-state index contributed by atoms with van der Waals surface area (Å²) in [4.78, 5) is 36.3. The van der Waals surface area contributed by atoms with Gasteiger partial charge in [0.05, 0.1) is 5.52 Å². The van der Waals surface area contributed by atoms with E-state index in [1.807, 2.05) is 0 Å². The first-order valence-corrected chi connectivity index (χ1v) is 8.92. The number of hydrogen-bond donors (Lipinski definition) is 2. The van der Waals surface area contributed by atoms with E-state index in [1.165, 1.54) is 16.2 Å². The van der Waals surface area contributed by atoms with Gasteiger partial charge in [0.2, 0.25) is 11.8 Å². The molecule has 0 saturated carbocycles. The van der Waals surface area contributed by atoms with Crippen LogP contribution in [0.1, 0.15) is 43.2 Å². The SMILES string of the molecule is Cn1c(=O)n(C2CCC(=O)NC2=O)c2ccc(C3CCNCC3)c(F)c21. The number of imide groups is 1. The number of aryl methyl sites for hydroxylation is 1. The monoisotopic (exact) mass is 360 g/mol. The lowest BCUT2D eigenvalue weighted by molar-refractivity contribution is -0.135. The number of amides is 2. The van der Waals surface area contributed by atoms with E-state index in [0.29, 0.717) is 11.1 Å². The number of nitrogens with zero attached hydrogens (tertiary/aromatic N) is 2. The Labute approximate surface area is 149 Å². The van der Waals surface area contributed by atoms with Crippen molar-refractivity contribution in [2.45, 2.75) is 37.6 Å². The summed E-state index contributed by atoms with van der Waals surface area (Å²) in [6.07, 6.45) is 2.10. The summed E-state index contributed by atoms with van der Waals surface area (Å²) in [6.45, 7) is 1.69. The van der Waals surface area contributed by atoms with E-state index < -0.39 is 17.6 Å². The lowest BCUT2D eigenvalue weighted by Crippen LogP contribution is -2.44. The Bertz CT molecular complexity index is 955.